The Labute approximate surface area is 170 Å². The Balaban J connectivity index is 1.40. The smallest absolute Gasteiger partial charge is 0.184 e. The van der Waals surface area contributed by atoms with Gasteiger partial charge in [-0.3, -0.25) is 0 Å². The first kappa shape index (κ1) is 18.4. The predicted molar refractivity (Wildman–Crippen MR) is 110 cm³/mol. The Bertz CT molecular complexity index is 1190. The van der Waals surface area contributed by atoms with Gasteiger partial charge in [0.2, 0.25) is 0 Å². The molecular weight excluding hydrogens is 394 g/mol. The Morgan fingerprint density at radius 3 is 2.86 bits per heavy atom. The summed E-state index contributed by atoms with van der Waals surface area (Å²) in [5.41, 5.74) is 2.46. The first-order chi connectivity index (χ1) is 14.1. The molecule has 2 N–H and O–H groups in total. The van der Waals surface area contributed by atoms with Crippen LogP contribution in [0, 0.1) is 11.6 Å². The number of thiazole rings is 1. The first-order valence-corrected chi connectivity index (χ1v) is 10.5. The van der Waals surface area contributed by atoms with E-state index in [1.165, 1.54) is 12.4 Å². The van der Waals surface area contributed by atoms with Gasteiger partial charge in [-0.25, -0.2) is 18.7 Å². The van der Waals surface area contributed by atoms with E-state index in [-0.39, 0.29) is 12.1 Å². The van der Waals surface area contributed by atoms with E-state index in [4.69, 9.17) is 0 Å². The molecule has 2 atom stereocenters. The minimum absolute atomic E-state index is 0.0458. The quantitative estimate of drug-likeness (QED) is 0.509. The molecule has 1 aliphatic carbocycles. The van der Waals surface area contributed by atoms with Crippen LogP contribution in [0.15, 0.2) is 36.7 Å². The topological polar surface area (TPSA) is 63.0 Å². The summed E-state index contributed by atoms with van der Waals surface area (Å²) in [5, 5.41) is 14.4. The van der Waals surface area contributed by atoms with Crippen molar-refractivity contribution in [2.75, 3.05) is 5.32 Å². The van der Waals surface area contributed by atoms with E-state index < -0.39 is 11.6 Å². The molecule has 0 saturated heterocycles. The third-order valence-corrected chi connectivity index (χ3v) is 6.42. The summed E-state index contributed by atoms with van der Waals surface area (Å²) in [4.78, 5) is 8.74. The maximum absolute atomic E-state index is 14.2. The van der Waals surface area contributed by atoms with Gasteiger partial charge in [0.15, 0.2) is 10.9 Å². The molecule has 4 aromatic rings. The van der Waals surface area contributed by atoms with Crippen LogP contribution in [-0.2, 0) is 6.54 Å². The number of hydrogen-bond donors (Lipinski definition) is 2. The van der Waals surface area contributed by atoms with E-state index in [1.54, 1.807) is 15.9 Å². The number of halogens is 2. The summed E-state index contributed by atoms with van der Waals surface area (Å²) in [6.45, 7) is 0.428. The first-order valence-electron chi connectivity index (χ1n) is 9.71. The van der Waals surface area contributed by atoms with Crippen molar-refractivity contribution in [3.63, 3.8) is 0 Å². The fourth-order valence-electron chi connectivity index (χ4n) is 4.01. The molecule has 2 aromatic heterocycles. The molecule has 29 heavy (non-hydrogen) atoms. The van der Waals surface area contributed by atoms with Gasteiger partial charge in [-0.1, -0.05) is 30.2 Å². The van der Waals surface area contributed by atoms with E-state index in [0.717, 1.165) is 52.7 Å². The summed E-state index contributed by atoms with van der Waals surface area (Å²) in [5.74, 6) is -1.25. The van der Waals surface area contributed by atoms with E-state index >= 15 is 0 Å². The Morgan fingerprint density at radius 1 is 1.14 bits per heavy atom. The zero-order valence-electron chi connectivity index (χ0n) is 15.6. The molecule has 1 aliphatic rings. The highest BCUT2D eigenvalue weighted by atomic mass is 32.1. The second-order valence-electron chi connectivity index (χ2n) is 7.55. The molecule has 0 aliphatic heterocycles. The van der Waals surface area contributed by atoms with Crippen LogP contribution in [0.25, 0.3) is 21.3 Å². The third-order valence-electron chi connectivity index (χ3n) is 5.48. The second kappa shape index (κ2) is 7.35. The van der Waals surface area contributed by atoms with Gasteiger partial charge in [0.25, 0.3) is 0 Å². The van der Waals surface area contributed by atoms with E-state index in [1.807, 2.05) is 18.2 Å². The highest BCUT2D eigenvalue weighted by Crippen LogP contribution is 2.30. The van der Waals surface area contributed by atoms with Crippen LogP contribution in [0.5, 0.6) is 0 Å². The maximum Gasteiger partial charge on any atom is 0.184 e. The lowest BCUT2D eigenvalue weighted by molar-refractivity contribution is 0.116. The van der Waals surface area contributed by atoms with Gasteiger partial charge in [0.05, 0.1) is 34.2 Å². The number of nitrogens with zero attached hydrogens (tertiary/aromatic N) is 3. The highest BCUT2D eigenvalue weighted by molar-refractivity contribution is 7.22. The molecule has 0 amide bonds. The van der Waals surface area contributed by atoms with Gasteiger partial charge in [-0.2, -0.15) is 0 Å². The summed E-state index contributed by atoms with van der Waals surface area (Å²) >= 11 is 1.55. The van der Waals surface area contributed by atoms with Crippen molar-refractivity contribution in [3.8, 4) is 0 Å². The summed E-state index contributed by atoms with van der Waals surface area (Å²) in [6.07, 6.45) is 5.15. The van der Waals surface area contributed by atoms with E-state index in [0.29, 0.717) is 17.6 Å². The summed E-state index contributed by atoms with van der Waals surface area (Å²) in [7, 11) is 0. The molecule has 0 spiro atoms. The summed E-state index contributed by atoms with van der Waals surface area (Å²) < 4.78 is 30.3. The molecule has 0 unspecified atom stereocenters. The van der Waals surface area contributed by atoms with E-state index in [2.05, 4.69) is 15.3 Å². The number of hydrogen-bond acceptors (Lipinski definition) is 5. The number of benzene rings is 2. The standard InChI is InChI=1S/C21H20F2N4OS/c22-13-8-14(23)20-17(9-13)24-11-27(20)10-12-5-6-16-19(7-12)29-21(26-16)25-15-3-1-2-4-18(15)28/h5-9,11,15,18,28H,1-4,10H2,(H,25,26)/t15-,18-/m1/s1. The molecule has 5 rings (SSSR count). The Kier molecular flexibility index (Phi) is 4.67. The van der Waals surface area contributed by atoms with Gasteiger partial charge in [0, 0.05) is 18.7 Å². The largest absolute Gasteiger partial charge is 0.391 e. The molecule has 2 heterocycles. The van der Waals surface area contributed by atoms with Crippen molar-refractivity contribution < 1.29 is 13.9 Å². The van der Waals surface area contributed by atoms with Gasteiger partial charge in [-0.15, -0.1) is 0 Å². The molecule has 0 bridgehead atoms. The van der Waals surface area contributed by atoms with Crippen LogP contribution in [0.1, 0.15) is 31.2 Å². The average Bonchev–Trinajstić information content (AvgIpc) is 3.27. The van der Waals surface area contributed by atoms with Gasteiger partial charge >= 0.3 is 0 Å². The number of aliphatic hydroxyl groups excluding tert-OH is 1. The van der Waals surface area contributed by atoms with Gasteiger partial charge < -0.3 is 15.0 Å². The lowest BCUT2D eigenvalue weighted by atomic mass is 9.93. The molecule has 2 aromatic carbocycles. The molecule has 8 heteroatoms. The predicted octanol–water partition coefficient (Wildman–Crippen LogP) is 4.69. The lowest BCUT2D eigenvalue weighted by Crippen LogP contribution is -2.36. The Morgan fingerprint density at radius 2 is 2.00 bits per heavy atom. The van der Waals surface area contributed by atoms with Gasteiger partial charge in [0.1, 0.15) is 11.3 Å². The number of aliphatic hydroxyl groups is 1. The maximum atomic E-state index is 14.2. The van der Waals surface area contributed by atoms with Crippen LogP contribution in [0.3, 0.4) is 0 Å². The zero-order valence-corrected chi connectivity index (χ0v) is 16.4. The van der Waals surface area contributed by atoms with Crippen molar-refractivity contribution in [2.45, 2.75) is 44.4 Å². The van der Waals surface area contributed by atoms with Crippen molar-refractivity contribution in [3.05, 3.63) is 53.9 Å². The van der Waals surface area contributed by atoms with Gasteiger partial charge in [-0.05, 0) is 30.5 Å². The van der Waals surface area contributed by atoms with Crippen molar-refractivity contribution >= 4 is 37.7 Å². The molecule has 1 saturated carbocycles. The van der Waals surface area contributed by atoms with Crippen LogP contribution >= 0.6 is 11.3 Å². The van der Waals surface area contributed by atoms with Crippen molar-refractivity contribution in [2.24, 2.45) is 0 Å². The third kappa shape index (κ3) is 3.58. The highest BCUT2D eigenvalue weighted by Gasteiger charge is 2.23. The lowest BCUT2D eigenvalue weighted by Gasteiger charge is -2.27. The molecule has 1 fully saturated rings. The molecule has 5 nitrogen and oxygen atoms in total. The zero-order chi connectivity index (χ0) is 20.0. The van der Waals surface area contributed by atoms with Crippen molar-refractivity contribution in [1.29, 1.82) is 0 Å². The fourth-order valence-corrected chi connectivity index (χ4v) is 5.00. The number of anilines is 1. The normalized spacial score (nSPS) is 19.8. The van der Waals surface area contributed by atoms with Crippen LogP contribution in [0.4, 0.5) is 13.9 Å². The number of nitrogens with one attached hydrogen (secondary N) is 1. The average molecular weight is 414 g/mol. The second-order valence-corrected chi connectivity index (χ2v) is 8.58. The molecule has 0 radical (unpaired) electrons. The monoisotopic (exact) mass is 414 g/mol. The Hall–Kier alpha value is -2.58. The minimum Gasteiger partial charge on any atom is -0.391 e. The number of fused-ring (bicyclic) bond motifs is 2. The fraction of sp³-hybridized carbons (Fsp3) is 0.333. The minimum atomic E-state index is -0.630. The SMILES string of the molecule is O[C@@H]1CCCC[C@H]1Nc1nc2ccc(Cn3cnc4cc(F)cc(F)c43)cc2s1. The van der Waals surface area contributed by atoms with Crippen LogP contribution in [0.2, 0.25) is 0 Å². The van der Waals surface area contributed by atoms with Crippen LogP contribution in [-0.4, -0.2) is 31.8 Å². The molecular formula is C21H20F2N4OS. The number of imidazole rings is 1. The van der Waals surface area contributed by atoms with Crippen molar-refractivity contribution in [1.82, 2.24) is 14.5 Å². The van der Waals surface area contributed by atoms with E-state index in [9.17, 15) is 13.9 Å². The summed E-state index contributed by atoms with van der Waals surface area (Å²) in [6, 6.07) is 8.09. The van der Waals surface area contributed by atoms with Crippen LogP contribution < -0.4 is 5.32 Å². The number of aromatic nitrogens is 3. The molecule has 150 valence electrons. The number of rotatable bonds is 4.